The normalized spacial score (nSPS) is 16.7. The lowest BCUT2D eigenvalue weighted by atomic mass is 9.74. The van der Waals surface area contributed by atoms with E-state index >= 15 is 0 Å². The molecule has 11 nitrogen and oxygen atoms in total. The molecule has 2 saturated heterocycles. The van der Waals surface area contributed by atoms with Crippen LogP contribution in [0.3, 0.4) is 0 Å². The topological polar surface area (TPSA) is 135 Å². The summed E-state index contributed by atoms with van der Waals surface area (Å²) in [5, 5.41) is 25.7. The van der Waals surface area contributed by atoms with Crippen molar-refractivity contribution in [1.29, 1.82) is 0 Å². The molecule has 2 fully saturated rings. The molecule has 4 heterocycles. The maximum absolute atomic E-state index is 14.4. The maximum atomic E-state index is 14.4. The molecule has 4 aromatic carbocycles. The number of benzene rings is 4. The minimum atomic E-state index is -4.92. The highest BCUT2D eigenvalue weighted by Gasteiger charge is 2.57. The van der Waals surface area contributed by atoms with Crippen molar-refractivity contribution in [2.45, 2.75) is 94.6 Å². The van der Waals surface area contributed by atoms with E-state index in [0.29, 0.717) is 53.6 Å². The van der Waals surface area contributed by atoms with E-state index in [1.807, 2.05) is 24.3 Å². The van der Waals surface area contributed by atoms with Gasteiger partial charge in [0.2, 0.25) is 0 Å². The molecule has 0 aliphatic carbocycles. The lowest BCUT2D eigenvalue weighted by Gasteiger charge is -2.39. The third kappa shape index (κ3) is 13.8. The number of rotatable bonds is 13. The van der Waals surface area contributed by atoms with Gasteiger partial charge in [-0.1, -0.05) is 94.4 Å². The first-order valence-corrected chi connectivity index (χ1v) is 23.4. The Labute approximate surface area is 408 Å². The van der Waals surface area contributed by atoms with E-state index in [4.69, 9.17) is 9.47 Å². The molecule has 2 aliphatic heterocycles. The molecule has 2 atom stereocenters. The molecule has 0 saturated carbocycles. The largest absolute Gasteiger partial charge is 0.418 e. The first-order chi connectivity index (χ1) is 33.5. The number of nitrogens with zero attached hydrogens (tertiary/aromatic N) is 3. The second kappa shape index (κ2) is 22.8. The number of aliphatic hydroxyl groups is 2. The van der Waals surface area contributed by atoms with Crippen LogP contribution in [0.5, 0.6) is 0 Å². The Kier molecular flexibility index (Phi) is 17.6. The van der Waals surface area contributed by atoms with Gasteiger partial charge in [-0.2, -0.15) is 26.3 Å². The lowest BCUT2D eigenvalue weighted by Crippen LogP contribution is -2.52. The number of ether oxygens (including phenoxy) is 2. The summed E-state index contributed by atoms with van der Waals surface area (Å²) in [5.41, 5.74) is -5.43. The van der Waals surface area contributed by atoms with Crippen molar-refractivity contribution in [2.75, 3.05) is 52.6 Å². The standard InChI is InChI=1S/C27H31F3N2O3.C23H22F3NO3.C4H9NO/c1-25(2,21-7-5-6-20(16-21)17-31-12-14-35-15-13-31)18-26(34,27(28,29)30)19-32-11-10-24(33)22-8-3-4-9-23(22)32;1-21(2,17-7-5-6-16(12-17)13-28)14-22(30,23(24,25)26)15-27-11-10-20(29)18-8-3-4-9-19(18)27;1-3-6-4-2-5-1/h3-11,16,34H,12-15,17-19H2,1-2H3;3-13,30H,14-15H2,1-2H3;5H,1-4H2. The number of aldehydes is 1. The summed E-state index contributed by atoms with van der Waals surface area (Å²) in [4.78, 5) is 37.5. The predicted octanol–water partition coefficient (Wildman–Crippen LogP) is 8.58. The monoisotopic (exact) mass is 992 g/mol. The first-order valence-electron chi connectivity index (χ1n) is 23.4. The van der Waals surface area contributed by atoms with Crippen molar-refractivity contribution in [2.24, 2.45) is 0 Å². The number of hydrogen-bond acceptors (Lipinski definition) is 9. The SMILES string of the molecule is C1COCCN1.CC(C)(CC(O)(Cn1ccc(=O)c2ccccc21)C(F)(F)F)c1cccc(C=O)c1.CC(C)(CC(O)(Cn1ccc(=O)c2ccccc21)C(F)(F)F)c1cccc(CN2CCOCC2)c1. The summed E-state index contributed by atoms with van der Waals surface area (Å²) >= 11 is 0. The highest BCUT2D eigenvalue weighted by atomic mass is 19.4. The van der Waals surface area contributed by atoms with Crippen LogP contribution in [0.15, 0.2) is 131 Å². The summed E-state index contributed by atoms with van der Waals surface area (Å²) in [5.74, 6) is 0. The van der Waals surface area contributed by atoms with Gasteiger partial charge in [-0.05, 0) is 70.7 Å². The third-order valence-electron chi connectivity index (χ3n) is 13.0. The molecule has 2 aromatic heterocycles. The minimum absolute atomic E-state index is 0.273. The van der Waals surface area contributed by atoms with Crippen LogP contribution in [0.4, 0.5) is 26.3 Å². The lowest BCUT2D eigenvalue weighted by molar-refractivity contribution is -0.271. The molecule has 0 amide bonds. The van der Waals surface area contributed by atoms with Crippen molar-refractivity contribution in [3.05, 3.63) is 164 Å². The second-order valence-electron chi connectivity index (χ2n) is 19.5. The highest BCUT2D eigenvalue weighted by Crippen LogP contribution is 2.44. The molecule has 8 rings (SSSR count). The number of fused-ring (bicyclic) bond motifs is 2. The predicted molar refractivity (Wildman–Crippen MR) is 262 cm³/mol. The van der Waals surface area contributed by atoms with E-state index in [-0.39, 0.29) is 16.2 Å². The summed E-state index contributed by atoms with van der Waals surface area (Å²) in [7, 11) is 0. The smallest absolute Gasteiger partial charge is 0.379 e. The van der Waals surface area contributed by atoms with Crippen LogP contribution in [0.1, 0.15) is 67.6 Å². The van der Waals surface area contributed by atoms with Crippen molar-refractivity contribution in [3.63, 3.8) is 0 Å². The number of carbonyl (C=O) groups is 1. The number of aromatic nitrogens is 2. The summed E-state index contributed by atoms with van der Waals surface area (Å²) in [6, 6.07) is 29.2. The fourth-order valence-electron chi connectivity index (χ4n) is 9.17. The Morgan fingerprint density at radius 3 is 1.48 bits per heavy atom. The molecule has 0 spiro atoms. The van der Waals surface area contributed by atoms with Gasteiger partial charge in [0.15, 0.2) is 22.1 Å². The summed E-state index contributed by atoms with van der Waals surface area (Å²) < 4.78 is 98.3. The number of pyridine rings is 2. The average molecular weight is 993 g/mol. The van der Waals surface area contributed by atoms with Crippen LogP contribution in [0.2, 0.25) is 0 Å². The molecular weight excluding hydrogens is 931 g/mol. The number of alkyl halides is 6. The van der Waals surface area contributed by atoms with Gasteiger partial charge >= 0.3 is 12.4 Å². The van der Waals surface area contributed by atoms with Gasteiger partial charge in [0.25, 0.3) is 0 Å². The zero-order valence-electron chi connectivity index (χ0n) is 40.4. The Morgan fingerprint density at radius 1 is 0.592 bits per heavy atom. The molecule has 3 N–H and O–H groups in total. The maximum Gasteiger partial charge on any atom is 0.418 e. The van der Waals surface area contributed by atoms with E-state index in [0.717, 1.165) is 50.5 Å². The van der Waals surface area contributed by atoms with E-state index in [2.05, 4.69) is 10.2 Å². The quantitative estimate of drug-likeness (QED) is 0.0769. The van der Waals surface area contributed by atoms with Crippen molar-refractivity contribution in [3.8, 4) is 0 Å². The molecule has 2 aliphatic rings. The van der Waals surface area contributed by atoms with Crippen LogP contribution >= 0.6 is 0 Å². The number of morpholine rings is 2. The Bertz CT molecular complexity index is 2840. The van der Waals surface area contributed by atoms with Gasteiger partial charge in [0, 0.05) is 73.6 Å². The molecule has 6 aromatic rings. The Morgan fingerprint density at radius 2 is 1.04 bits per heavy atom. The Hall–Kier alpha value is -5.69. The number of carbonyl (C=O) groups excluding carboxylic acids is 1. The van der Waals surface area contributed by atoms with Crippen LogP contribution in [-0.4, -0.2) is 107 Å². The summed E-state index contributed by atoms with van der Waals surface area (Å²) in [6.07, 6.45) is -7.76. The van der Waals surface area contributed by atoms with Crippen molar-refractivity contribution < 1.29 is 50.8 Å². The van der Waals surface area contributed by atoms with Crippen molar-refractivity contribution >= 4 is 28.1 Å². The molecule has 71 heavy (non-hydrogen) atoms. The van der Waals surface area contributed by atoms with Gasteiger partial charge in [0.05, 0.1) is 50.6 Å². The van der Waals surface area contributed by atoms with Gasteiger partial charge in [0.1, 0.15) is 6.29 Å². The van der Waals surface area contributed by atoms with Crippen LogP contribution in [-0.2, 0) is 39.9 Å². The van der Waals surface area contributed by atoms with E-state index in [1.54, 1.807) is 88.4 Å². The molecule has 17 heteroatoms. The fourth-order valence-corrected chi connectivity index (χ4v) is 9.17. The third-order valence-corrected chi connectivity index (χ3v) is 13.0. The zero-order valence-corrected chi connectivity index (χ0v) is 40.4. The van der Waals surface area contributed by atoms with Crippen LogP contribution < -0.4 is 16.2 Å². The molecule has 2 unspecified atom stereocenters. The molecule has 382 valence electrons. The fraction of sp³-hybridized carbons (Fsp3) is 0.426. The van der Waals surface area contributed by atoms with Crippen LogP contribution in [0.25, 0.3) is 21.8 Å². The summed E-state index contributed by atoms with van der Waals surface area (Å²) in [6.45, 7) is 12.6. The van der Waals surface area contributed by atoms with E-state index < -0.39 is 60.3 Å². The highest BCUT2D eigenvalue weighted by molar-refractivity contribution is 5.79. The minimum Gasteiger partial charge on any atom is -0.379 e. The van der Waals surface area contributed by atoms with E-state index in [1.165, 1.54) is 45.8 Å². The second-order valence-corrected chi connectivity index (χ2v) is 19.5. The first kappa shape index (κ1) is 54.6. The zero-order chi connectivity index (χ0) is 51.7. The number of para-hydroxylation sites is 2. The van der Waals surface area contributed by atoms with E-state index in [9.17, 15) is 50.9 Å². The van der Waals surface area contributed by atoms with Gasteiger partial charge in [-0.15, -0.1) is 0 Å². The average Bonchev–Trinajstić information content (AvgIpc) is 3.34. The van der Waals surface area contributed by atoms with Gasteiger partial charge in [-0.25, -0.2) is 0 Å². The van der Waals surface area contributed by atoms with Crippen molar-refractivity contribution in [1.82, 2.24) is 19.4 Å². The van der Waals surface area contributed by atoms with Crippen LogP contribution in [0, 0.1) is 0 Å². The number of nitrogens with one attached hydrogen (secondary N) is 1. The molecule has 0 radical (unpaired) electrons. The number of halogens is 6. The Balaban J connectivity index is 0.000000209. The molecular formula is C54H62F6N4O7. The molecule has 0 bridgehead atoms. The number of hydrogen-bond donors (Lipinski definition) is 3. The van der Waals surface area contributed by atoms with Gasteiger partial charge in [-0.3, -0.25) is 19.3 Å². The van der Waals surface area contributed by atoms with Gasteiger partial charge < -0.3 is 34.1 Å².